The molecular weight excluding hydrogens is 1000 g/mol. The van der Waals surface area contributed by atoms with Crippen LogP contribution in [0.5, 0.6) is 0 Å². The van der Waals surface area contributed by atoms with E-state index in [1.807, 2.05) is 0 Å². The fourth-order valence-corrected chi connectivity index (χ4v) is 11.0. The highest BCUT2D eigenvalue weighted by Gasteiger charge is 2.26. The molecule has 79 heavy (non-hydrogen) atoms. The first-order valence-electron chi connectivity index (χ1n) is 34.1. The number of ether oxygens (including phenoxy) is 2. The summed E-state index contributed by atoms with van der Waals surface area (Å²) in [4.78, 5) is 35.3. The fraction of sp³-hybridized carbons (Fsp3) is 0.855. The number of unbranched alkanes of at least 4 members (excludes halogenated alkanes) is 44. The second-order valence-electron chi connectivity index (χ2n) is 23.0. The average Bonchev–Trinajstić information content (AvgIpc) is 3.44. The molecule has 0 spiro atoms. The van der Waals surface area contributed by atoms with Gasteiger partial charge in [-0.25, -0.2) is 4.57 Å². The van der Waals surface area contributed by atoms with E-state index in [2.05, 4.69) is 62.5 Å². The van der Waals surface area contributed by atoms with Crippen molar-refractivity contribution in [1.82, 2.24) is 0 Å². The van der Waals surface area contributed by atoms with E-state index >= 15 is 0 Å². The zero-order valence-corrected chi connectivity index (χ0v) is 53.0. The first-order valence-corrected chi connectivity index (χ1v) is 35.6. The van der Waals surface area contributed by atoms with Crippen LogP contribution in [0, 0.1) is 0 Å². The van der Waals surface area contributed by atoms with E-state index in [-0.39, 0.29) is 38.6 Å². The minimum absolute atomic E-state index is 0.0555. The summed E-state index contributed by atoms with van der Waals surface area (Å²) < 4.78 is 33.2. The quantitative estimate of drug-likeness (QED) is 0.0264. The van der Waals surface area contributed by atoms with Crippen LogP contribution in [-0.4, -0.2) is 49.3 Å². The topological polar surface area (TPSA) is 134 Å². The Labute approximate surface area is 489 Å². The van der Waals surface area contributed by atoms with Gasteiger partial charge in [0.25, 0.3) is 0 Å². The van der Waals surface area contributed by atoms with Crippen molar-refractivity contribution >= 4 is 19.8 Å². The number of phosphoric acid groups is 1. The fourth-order valence-electron chi connectivity index (χ4n) is 10.2. The lowest BCUT2D eigenvalue weighted by Crippen LogP contribution is -2.29. The highest BCUT2D eigenvalue weighted by atomic mass is 31.2. The van der Waals surface area contributed by atoms with E-state index in [9.17, 15) is 19.0 Å². The van der Waals surface area contributed by atoms with Crippen molar-refractivity contribution in [3.05, 3.63) is 48.6 Å². The zero-order valence-electron chi connectivity index (χ0n) is 52.1. The lowest BCUT2D eigenvalue weighted by atomic mass is 10.0. The van der Waals surface area contributed by atoms with Gasteiger partial charge in [-0.2, -0.15) is 0 Å². The number of carbonyl (C=O) groups excluding carboxylic acids is 2. The van der Waals surface area contributed by atoms with Crippen molar-refractivity contribution in [2.24, 2.45) is 5.73 Å². The lowest BCUT2D eigenvalue weighted by Gasteiger charge is -2.19. The number of allylic oxidation sites excluding steroid dienone is 8. The van der Waals surface area contributed by atoms with Gasteiger partial charge in [0, 0.05) is 19.4 Å². The Bertz CT molecular complexity index is 1430. The number of nitrogens with two attached hydrogens (primary N) is 1. The maximum absolute atomic E-state index is 12.8. The number of carbonyl (C=O) groups is 2. The molecule has 0 saturated heterocycles. The lowest BCUT2D eigenvalue weighted by molar-refractivity contribution is -0.161. The van der Waals surface area contributed by atoms with Crippen LogP contribution in [0.3, 0.4) is 0 Å². The Morgan fingerprint density at radius 1 is 0.392 bits per heavy atom. The molecule has 0 aromatic heterocycles. The molecule has 0 fully saturated rings. The SMILES string of the molecule is CC/C=C\C/C=C\C/C=C\C/C=C\CCCCCCCCCCCCCCCCCCCCC(=O)OC(COC(=O)CCCCCCCCCCCCCCCCCCCCCCCCCCCCC)COP(=O)(O)OCCN. The Hall–Kier alpha value is -2.03. The molecule has 0 aliphatic carbocycles. The van der Waals surface area contributed by atoms with Gasteiger partial charge in [-0.1, -0.05) is 332 Å². The Morgan fingerprint density at radius 3 is 1.04 bits per heavy atom. The second kappa shape index (κ2) is 65.1. The number of esters is 2. The van der Waals surface area contributed by atoms with Crippen LogP contribution in [0.2, 0.25) is 0 Å². The Morgan fingerprint density at radius 2 is 0.696 bits per heavy atom. The van der Waals surface area contributed by atoms with Crippen molar-refractivity contribution in [1.29, 1.82) is 0 Å². The molecule has 2 unspecified atom stereocenters. The molecule has 0 aliphatic heterocycles. The first kappa shape index (κ1) is 77.0. The minimum Gasteiger partial charge on any atom is -0.462 e. The summed E-state index contributed by atoms with van der Waals surface area (Å²) in [6.45, 7) is 3.70. The minimum atomic E-state index is -4.39. The van der Waals surface area contributed by atoms with E-state index < -0.39 is 26.5 Å². The smallest absolute Gasteiger partial charge is 0.462 e. The molecule has 0 heterocycles. The third-order valence-electron chi connectivity index (χ3n) is 15.2. The van der Waals surface area contributed by atoms with Gasteiger partial charge in [0.2, 0.25) is 0 Å². The second-order valence-corrected chi connectivity index (χ2v) is 24.5. The molecule has 3 N–H and O–H groups in total. The van der Waals surface area contributed by atoms with Crippen LogP contribution in [0.4, 0.5) is 0 Å². The normalized spacial score (nSPS) is 13.2. The van der Waals surface area contributed by atoms with Gasteiger partial charge in [-0.05, 0) is 51.4 Å². The van der Waals surface area contributed by atoms with Crippen LogP contribution in [0.25, 0.3) is 0 Å². The maximum atomic E-state index is 12.8. The van der Waals surface area contributed by atoms with Crippen molar-refractivity contribution < 1.29 is 37.6 Å². The molecule has 2 atom stereocenters. The number of hydrogen-bond acceptors (Lipinski definition) is 8. The summed E-state index contributed by atoms with van der Waals surface area (Å²) in [6.07, 6.45) is 82.0. The third-order valence-corrected chi connectivity index (χ3v) is 16.2. The van der Waals surface area contributed by atoms with E-state index in [0.717, 1.165) is 57.8 Å². The standard InChI is InChI=1S/C69H130NO8P/c1-3-5-7-9-11-13-15-17-19-21-23-25-27-29-31-32-33-34-36-38-40-42-44-46-48-50-52-54-56-58-60-62-69(72)78-67(66-77-79(73,74)76-64-63-70)65-75-68(71)61-59-57-55-53-51-49-47-45-43-41-39-37-35-30-28-26-24-22-20-18-16-14-12-10-8-6-4-2/h5,7,11,13,17,19,23,25,67H,3-4,6,8-10,12,14-16,18,20-22,24,26-66,70H2,1-2H3,(H,73,74)/b7-5-,13-11-,19-17-,25-23-. The molecule has 0 amide bonds. The van der Waals surface area contributed by atoms with Crippen molar-refractivity contribution in [3.63, 3.8) is 0 Å². The molecule has 0 aliphatic rings. The highest BCUT2D eigenvalue weighted by molar-refractivity contribution is 7.47. The summed E-state index contributed by atoms with van der Waals surface area (Å²) >= 11 is 0. The van der Waals surface area contributed by atoms with Gasteiger partial charge in [-0.3, -0.25) is 18.6 Å². The first-order chi connectivity index (χ1) is 38.8. The summed E-state index contributed by atoms with van der Waals surface area (Å²) in [5.74, 6) is -0.806. The molecule has 10 heteroatoms. The van der Waals surface area contributed by atoms with Gasteiger partial charge in [0.15, 0.2) is 6.10 Å². The van der Waals surface area contributed by atoms with Crippen LogP contribution in [0.15, 0.2) is 48.6 Å². The Kier molecular flexibility index (Phi) is 63.5. The average molecular weight is 1130 g/mol. The van der Waals surface area contributed by atoms with Crippen LogP contribution >= 0.6 is 7.82 Å². The van der Waals surface area contributed by atoms with Crippen LogP contribution in [-0.2, 0) is 32.7 Å². The molecule has 464 valence electrons. The molecule has 0 rings (SSSR count). The third kappa shape index (κ3) is 65.0. The number of phosphoric ester groups is 1. The van der Waals surface area contributed by atoms with Crippen molar-refractivity contribution in [3.8, 4) is 0 Å². The molecule has 0 aromatic carbocycles. The summed E-state index contributed by atoms with van der Waals surface area (Å²) in [5.41, 5.74) is 5.40. The van der Waals surface area contributed by atoms with Crippen molar-refractivity contribution in [2.75, 3.05) is 26.4 Å². The molecule has 0 aromatic rings. The Balaban J connectivity index is 3.84. The number of hydrogen-bond donors (Lipinski definition) is 2. The van der Waals surface area contributed by atoms with E-state index in [0.29, 0.717) is 6.42 Å². The van der Waals surface area contributed by atoms with Crippen molar-refractivity contribution in [2.45, 2.75) is 354 Å². The summed E-state index contributed by atoms with van der Waals surface area (Å²) in [7, 11) is -4.39. The monoisotopic (exact) mass is 1130 g/mol. The predicted octanol–water partition coefficient (Wildman–Crippen LogP) is 22.1. The summed E-state index contributed by atoms with van der Waals surface area (Å²) in [5, 5.41) is 0. The largest absolute Gasteiger partial charge is 0.472 e. The van der Waals surface area contributed by atoms with Gasteiger partial charge >= 0.3 is 19.8 Å². The molecule has 0 bridgehead atoms. The molecular formula is C69H130NO8P. The van der Waals surface area contributed by atoms with Crippen LogP contribution < -0.4 is 5.73 Å². The number of rotatable bonds is 65. The highest BCUT2D eigenvalue weighted by Crippen LogP contribution is 2.43. The predicted molar refractivity (Wildman–Crippen MR) is 340 cm³/mol. The van der Waals surface area contributed by atoms with Gasteiger partial charge in [0.05, 0.1) is 13.2 Å². The van der Waals surface area contributed by atoms with E-state index in [4.69, 9.17) is 24.3 Å². The summed E-state index contributed by atoms with van der Waals surface area (Å²) in [6, 6.07) is 0. The van der Waals surface area contributed by atoms with Gasteiger partial charge in [-0.15, -0.1) is 0 Å². The molecule has 9 nitrogen and oxygen atoms in total. The van der Waals surface area contributed by atoms with E-state index in [1.54, 1.807) is 0 Å². The van der Waals surface area contributed by atoms with E-state index in [1.165, 1.54) is 257 Å². The molecule has 0 radical (unpaired) electrons. The zero-order chi connectivity index (χ0) is 57.3. The maximum Gasteiger partial charge on any atom is 0.472 e. The van der Waals surface area contributed by atoms with Gasteiger partial charge in [0.1, 0.15) is 6.61 Å². The van der Waals surface area contributed by atoms with Gasteiger partial charge < -0.3 is 20.1 Å². The molecule has 0 saturated carbocycles. The van der Waals surface area contributed by atoms with Crippen LogP contribution in [0.1, 0.15) is 348 Å².